The van der Waals surface area contributed by atoms with Gasteiger partial charge in [-0.1, -0.05) is 19.9 Å². The zero-order valence-corrected chi connectivity index (χ0v) is 10.8. The Morgan fingerprint density at radius 3 is 2.72 bits per heavy atom. The van der Waals surface area contributed by atoms with Crippen molar-refractivity contribution in [2.45, 2.75) is 26.7 Å². The van der Waals surface area contributed by atoms with Crippen LogP contribution in [0.5, 0.6) is 11.5 Å². The quantitative estimate of drug-likeness (QED) is 0.882. The van der Waals surface area contributed by atoms with Gasteiger partial charge in [0.05, 0.1) is 11.9 Å². The number of hydrogen-bond acceptors (Lipinski definition) is 3. The zero-order valence-electron chi connectivity index (χ0n) is 10.8. The highest BCUT2D eigenvalue weighted by atomic mass is 16.7. The Bertz CT molecular complexity index is 587. The Morgan fingerprint density at radius 2 is 2.00 bits per heavy atom. The third-order valence-electron chi connectivity index (χ3n) is 3.15. The number of aromatic nitrogens is 2. The molecule has 2 heterocycles. The SMILES string of the molecule is Cc1ccc(-c2cnc(C(C)C)[nH]2)c2c1OCO2. The summed E-state index contributed by atoms with van der Waals surface area (Å²) in [4.78, 5) is 7.72. The van der Waals surface area contributed by atoms with Gasteiger partial charge in [-0.3, -0.25) is 0 Å². The summed E-state index contributed by atoms with van der Waals surface area (Å²) in [5, 5.41) is 0. The van der Waals surface area contributed by atoms with E-state index in [4.69, 9.17) is 9.47 Å². The highest BCUT2D eigenvalue weighted by molar-refractivity contribution is 5.73. The molecule has 4 heteroatoms. The maximum atomic E-state index is 5.56. The van der Waals surface area contributed by atoms with Gasteiger partial charge in [0.25, 0.3) is 0 Å². The Balaban J connectivity index is 2.09. The average Bonchev–Trinajstić information content (AvgIpc) is 2.98. The second kappa shape index (κ2) is 4.05. The second-order valence-electron chi connectivity index (χ2n) is 4.83. The highest BCUT2D eigenvalue weighted by Crippen LogP contribution is 2.43. The monoisotopic (exact) mass is 244 g/mol. The van der Waals surface area contributed by atoms with Crippen LogP contribution in [0.15, 0.2) is 18.3 Å². The molecule has 0 radical (unpaired) electrons. The van der Waals surface area contributed by atoms with Crippen LogP contribution in [-0.4, -0.2) is 16.8 Å². The van der Waals surface area contributed by atoms with Crippen LogP contribution in [0.1, 0.15) is 31.2 Å². The molecular weight excluding hydrogens is 228 g/mol. The first-order chi connectivity index (χ1) is 8.66. The summed E-state index contributed by atoms with van der Waals surface area (Å²) in [5.41, 5.74) is 3.07. The summed E-state index contributed by atoms with van der Waals surface area (Å²) in [5.74, 6) is 3.02. The second-order valence-corrected chi connectivity index (χ2v) is 4.83. The Labute approximate surface area is 106 Å². The lowest BCUT2D eigenvalue weighted by Gasteiger charge is -2.06. The summed E-state index contributed by atoms with van der Waals surface area (Å²) >= 11 is 0. The Kier molecular flexibility index (Phi) is 2.51. The van der Waals surface area contributed by atoms with E-state index in [2.05, 4.69) is 23.8 Å². The van der Waals surface area contributed by atoms with Crippen LogP contribution in [-0.2, 0) is 0 Å². The summed E-state index contributed by atoms with van der Waals surface area (Å²) in [6, 6.07) is 4.08. The van der Waals surface area contributed by atoms with Gasteiger partial charge >= 0.3 is 0 Å². The predicted octanol–water partition coefficient (Wildman–Crippen LogP) is 3.24. The van der Waals surface area contributed by atoms with Crippen LogP contribution >= 0.6 is 0 Å². The molecule has 94 valence electrons. The number of aryl methyl sites for hydroxylation is 1. The summed E-state index contributed by atoms with van der Waals surface area (Å²) in [7, 11) is 0. The van der Waals surface area contributed by atoms with Crippen molar-refractivity contribution in [3.63, 3.8) is 0 Å². The van der Waals surface area contributed by atoms with Crippen molar-refractivity contribution < 1.29 is 9.47 Å². The number of imidazole rings is 1. The molecule has 0 saturated carbocycles. The maximum Gasteiger partial charge on any atom is 0.231 e. The maximum absolute atomic E-state index is 5.56. The number of hydrogen-bond donors (Lipinski definition) is 1. The van der Waals surface area contributed by atoms with Crippen LogP contribution < -0.4 is 9.47 Å². The minimum atomic E-state index is 0.290. The van der Waals surface area contributed by atoms with Gasteiger partial charge in [-0.15, -0.1) is 0 Å². The molecule has 3 rings (SSSR count). The lowest BCUT2D eigenvalue weighted by molar-refractivity contribution is 0.173. The van der Waals surface area contributed by atoms with E-state index in [1.165, 1.54) is 0 Å². The molecular formula is C14H16N2O2. The molecule has 1 aromatic carbocycles. The number of nitrogens with one attached hydrogen (secondary N) is 1. The normalized spacial score (nSPS) is 13.3. The first-order valence-corrected chi connectivity index (χ1v) is 6.11. The number of aromatic amines is 1. The van der Waals surface area contributed by atoms with E-state index in [0.717, 1.165) is 34.1 Å². The minimum absolute atomic E-state index is 0.290. The van der Waals surface area contributed by atoms with Gasteiger partial charge in [0.2, 0.25) is 6.79 Å². The molecule has 1 aliphatic rings. The first-order valence-electron chi connectivity index (χ1n) is 6.11. The van der Waals surface area contributed by atoms with Gasteiger partial charge in [0, 0.05) is 11.5 Å². The highest BCUT2D eigenvalue weighted by Gasteiger charge is 2.22. The van der Waals surface area contributed by atoms with Crippen molar-refractivity contribution in [3.05, 3.63) is 29.7 Å². The zero-order chi connectivity index (χ0) is 12.7. The van der Waals surface area contributed by atoms with Crippen molar-refractivity contribution in [1.82, 2.24) is 9.97 Å². The summed E-state index contributed by atoms with van der Waals surface area (Å²) < 4.78 is 11.1. The van der Waals surface area contributed by atoms with Crippen LogP contribution in [0.4, 0.5) is 0 Å². The van der Waals surface area contributed by atoms with Crippen molar-refractivity contribution in [1.29, 1.82) is 0 Å². The van der Waals surface area contributed by atoms with Gasteiger partial charge in [-0.2, -0.15) is 0 Å². The number of benzene rings is 1. The molecule has 0 bridgehead atoms. The smallest absolute Gasteiger partial charge is 0.231 e. The lowest BCUT2D eigenvalue weighted by Crippen LogP contribution is -1.94. The Morgan fingerprint density at radius 1 is 1.22 bits per heavy atom. The molecule has 0 unspecified atom stereocenters. The van der Waals surface area contributed by atoms with Gasteiger partial charge in [0.1, 0.15) is 5.82 Å². The fourth-order valence-corrected chi connectivity index (χ4v) is 2.11. The molecule has 1 aromatic heterocycles. The number of ether oxygens (including phenoxy) is 2. The molecule has 0 atom stereocenters. The van der Waals surface area contributed by atoms with Gasteiger partial charge in [0.15, 0.2) is 11.5 Å². The standard InChI is InChI=1S/C14H16N2O2/c1-8(2)14-15-6-11(16-14)10-5-4-9(3)12-13(10)18-7-17-12/h4-6,8H,7H2,1-3H3,(H,15,16). The van der Waals surface area contributed by atoms with Crippen molar-refractivity contribution in [2.24, 2.45) is 0 Å². The molecule has 0 amide bonds. The molecule has 1 aliphatic heterocycles. The molecule has 4 nitrogen and oxygen atoms in total. The third kappa shape index (κ3) is 1.65. The fourth-order valence-electron chi connectivity index (χ4n) is 2.11. The van der Waals surface area contributed by atoms with Gasteiger partial charge in [-0.05, 0) is 18.6 Å². The Hall–Kier alpha value is -1.97. The van der Waals surface area contributed by atoms with E-state index >= 15 is 0 Å². The van der Waals surface area contributed by atoms with Crippen LogP contribution in [0, 0.1) is 6.92 Å². The average molecular weight is 244 g/mol. The van der Waals surface area contributed by atoms with Crippen molar-refractivity contribution in [2.75, 3.05) is 6.79 Å². The number of fused-ring (bicyclic) bond motifs is 1. The van der Waals surface area contributed by atoms with Crippen LogP contribution in [0.25, 0.3) is 11.3 Å². The largest absolute Gasteiger partial charge is 0.453 e. The topological polar surface area (TPSA) is 47.1 Å². The van der Waals surface area contributed by atoms with E-state index in [1.807, 2.05) is 25.3 Å². The van der Waals surface area contributed by atoms with Crippen molar-refractivity contribution in [3.8, 4) is 22.8 Å². The van der Waals surface area contributed by atoms with Crippen molar-refractivity contribution >= 4 is 0 Å². The molecule has 18 heavy (non-hydrogen) atoms. The van der Waals surface area contributed by atoms with E-state index in [-0.39, 0.29) is 0 Å². The third-order valence-corrected chi connectivity index (χ3v) is 3.15. The molecule has 0 spiro atoms. The predicted molar refractivity (Wildman–Crippen MR) is 69.0 cm³/mol. The van der Waals surface area contributed by atoms with E-state index in [1.54, 1.807) is 0 Å². The molecule has 0 aliphatic carbocycles. The van der Waals surface area contributed by atoms with Crippen LogP contribution in [0.3, 0.4) is 0 Å². The molecule has 0 saturated heterocycles. The lowest BCUT2D eigenvalue weighted by atomic mass is 10.1. The van der Waals surface area contributed by atoms with E-state index in [0.29, 0.717) is 12.7 Å². The number of rotatable bonds is 2. The summed E-state index contributed by atoms with van der Waals surface area (Å²) in [6.07, 6.45) is 1.85. The molecule has 2 aromatic rings. The molecule has 0 fully saturated rings. The van der Waals surface area contributed by atoms with E-state index < -0.39 is 0 Å². The van der Waals surface area contributed by atoms with Gasteiger partial charge < -0.3 is 14.5 Å². The van der Waals surface area contributed by atoms with Crippen LogP contribution in [0.2, 0.25) is 0 Å². The minimum Gasteiger partial charge on any atom is -0.453 e. The number of H-pyrrole nitrogens is 1. The van der Waals surface area contributed by atoms with E-state index in [9.17, 15) is 0 Å². The fraction of sp³-hybridized carbons (Fsp3) is 0.357. The van der Waals surface area contributed by atoms with Gasteiger partial charge in [-0.25, -0.2) is 4.98 Å². The number of nitrogens with zero attached hydrogens (tertiary/aromatic N) is 1. The first kappa shape index (κ1) is 11.1. The summed E-state index contributed by atoms with van der Waals surface area (Å²) in [6.45, 7) is 6.53. The molecule has 1 N–H and O–H groups in total.